The van der Waals surface area contributed by atoms with Crippen LogP contribution in [0.2, 0.25) is 0 Å². The lowest BCUT2D eigenvalue weighted by atomic mass is 10.2. The number of carbonyl (C=O) groups is 1. The van der Waals surface area contributed by atoms with Gasteiger partial charge in [-0.15, -0.1) is 12.4 Å². The maximum Gasteiger partial charge on any atom is 0.261 e. The van der Waals surface area contributed by atoms with Crippen molar-refractivity contribution >= 4 is 45.1 Å². The van der Waals surface area contributed by atoms with Gasteiger partial charge in [0.25, 0.3) is 5.56 Å². The summed E-state index contributed by atoms with van der Waals surface area (Å²) in [6.07, 6.45) is 1.74. The van der Waals surface area contributed by atoms with E-state index in [-0.39, 0.29) is 30.3 Å². The highest BCUT2D eigenvalue weighted by molar-refractivity contribution is 9.10. The first-order chi connectivity index (χ1) is 10.1. The van der Waals surface area contributed by atoms with E-state index in [9.17, 15) is 9.59 Å². The Hall–Kier alpha value is -1.44. The number of carbonyl (C=O) groups excluding carboxylic acids is 1. The van der Waals surface area contributed by atoms with Gasteiger partial charge in [0.05, 0.1) is 17.2 Å². The van der Waals surface area contributed by atoms with Crippen LogP contribution in [0.25, 0.3) is 10.9 Å². The summed E-state index contributed by atoms with van der Waals surface area (Å²) in [4.78, 5) is 28.2. The Labute approximate surface area is 142 Å². The number of nitrogens with zero attached hydrogens (tertiary/aromatic N) is 2. The summed E-state index contributed by atoms with van der Waals surface area (Å²) in [7, 11) is 1.82. The minimum absolute atomic E-state index is 0. The van der Waals surface area contributed by atoms with Gasteiger partial charge in [-0.2, -0.15) is 0 Å². The van der Waals surface area contributed by atoms with Gasteiger partial charge in [0, 0.05) is 30.5 Å². The normalized spacial score (nSPS) is 10.3. The van der Waals surface area contributed by atoms with E-state index in [1.165, 1.54) is 10.9 Å². The summed E-state index contributed by atoms with van der Waals surface area (Å²) < 4.78 is 2.29. The Balaban J connectivity index is 0.00000242. The molecule has 0 saturated heterocycles. The number of fused-ring (bicyclic) bond motifs is 1. The van der Waals surface area contributed by atoms with E-state index < -0.39 is 0 Å². The van der Waals surface area contributed by atoms with E-state index in [1.807, 2.05) is 13.1 Å². The SMILES string of the molecule is CNCCNC(=O)CCn1cnc2ccc(Br)cc2c1=O.Cl. The van der Waals surface area contributed by atoms with Crippen molar-refractivity contribution in [3.8, 4) is 0 Å². The van der Waals surface area contributed by atoms with Crippen molar-refractivity contribution in [3.05, 3.63) is 39.4 Å². The first-order valence-corrected chi connectivity index (χ1v) is 7.47. The lowest BCUT2D eigenvalue weighted by Gasteiger charge is -2.07. The van der Waals surface area contributed by atoms with Crippen LogP contribution in [0.1, 0.15) is 6.42 Å². The van der Waals surface area contributed by atoms with E-state index in [2.05, 4.69) is 31.5 Å². The number of halogens is 2. The smallest absolute Gasteiger partial charge is 0.261 e. The molecule has 0 aliphatic heterocycles. The molecule has 0 fully saturated rings. The Kier molecular flexibility index (Phi) is 7.50. The van der Waals surface area contributed by atoms with Crippen molar-refractivity contribution in [3.63, 3.8) is 0 Å². The minimum atomic E-state index is -0.135. The molecule has 1 amide bonds. The van der Waals surface area contributed by atoms with Gasteiger partial charge in [0.2, 0.25) is 5.91 Å². The lowest BCUT2D eigenvalue weighted by Crippen LogP contribution is -2.32. The van der Waals surface area contributed by atoms with Gasteiger partial charge < -0.3 is 10.6 Å². The highest BCUT2D eigenvalue weighted by Gasteiger charge is 2.06. The number of hydrogen-bond donors (Lipinski definition) is 2. The molecule has 120 valence electrons. The molecule has 0 bridgehead atoms. The zero-order valence-corrected chi connectivity index (χ0v) is 14.5. The summed E-state index contributed by atoms with van der Waals surface area (Å²) in [5.41, 5.74) is 0.516. The molecule has 0 radical (unpaired) electrons. The molecule has 1 aromatic carbocycles. The number of amides is 1. The number of nitrogens with one attached hydrogen (secondary N) is 2. The molecule has 0 aliphatic rings. The molecule has 1 aromatic heterocycles. The third-order valence-electron chi connectivity index (χ3n) is 3.06. The average Bonchev–Trinajstić information content (AvgIpc) is 2.47. The Bertz CT molecular complexity index is 705. The van der Waals surface area contributed by atoms with Crippen LogP contribution >= 0.6 is 28.3 Å². The van der Waals surface area contributed by atoms with Gasteiger partial charge in [0.1, 0.15) is 0 Å². The molecule has 0 atom stereocenters. The number of aryl methyl sites for hydroxylation is 1. The standard InChI is InChI=1S/C14H17BrN4O2.ClH/c1-16-5-6-17-13(20)4-7-19-9-18-12-3-2-10(15)8-11(12)14(19)21;/h2-3,8-9,16H,4-7H2,1H3,(H,17,20);1H. The van der Waals surface area contributed by atoms with Gasteiger partial charge in [-0.1, -0.05) is 15.9 Å². The molecular formula is C14H18BrClN4O2. The average molecular weight is 390 g/mol. The van der Waals surface area contributed by atoms with E-state index in [0.717, 1.165) is 11.0 Å². The molecule has 2 rings (SSSR count). The Morgan fingerprint density at radius 1 is 1.36 bits per heavy atom. The number of rotatable bonds is 6. The molecule has 22 heavy (non-hydrogen) atoms. The van der Waals surface area contributed by atoms with Crippen molar-refractivity contribution < 1.29 is 4.79 Å². The van der Waals surface area contributed by atoms with Crippen LogP contribution in [0.15, 0.2) is 33.8 Å². The summed E-state index contributed by atoms with van der Waals surface area (Å²) in [6, 6.07) is 5.37. The van der Waals surface area contributed by atoms with Crippen LogP contribution < -0.4 is 16.2 Å². The largest absolute Gasteiger partial charge is 0.355 e. The highest BCUT2D eigenvalue weighted by Crippen LogP contribution is 2.14. The molecule has 0 unspecified atom stereocenters. The molecule has 0 aliphatic carbocycles. The molecule has 0 saturated carbocycles. The molecular weight excluding hydrogens is 372 g/mol. The second kappa shape index (κ2) is 8.87. The number of aromatic nitrogens is 2. The zero-order valence-electron chi connectivity index (χ0n) is 12.1. The summed E-state index contributed by atoms with van der Waals surface area (Å²) in [5, 5.41) is 6.27. The second-order valence-electron chi connectivity index (χ2n) is 4.61. The van der Waals surface area contributed by atoms with Crippen molar-refractivity contribution in [1.82, 2.24) is 20.2 Å². The van der Waals surface area contributed by atoms with E-state index in [4.69, 9.17) is 0 Å². The van der Waals surface area contributed by atoms with Gasteiger partial charge in [-0.25, -0.2) is 4.98 Å². The quantitative estimate of drug-likeness (QED) is 0.730. The fourth-order valence-electron chi connectivity index (χ4n) is 1.93. The van der Waals surface area contributed by atoms with Gasteiger partial charge in [-0.05, 0) is 25.2 Å². The monoisotopic (exact) mass is 388 g/mol. The zero-order chi connectivity index (χ0) is 15.2. The molecule has 8 heteroatoms. The number of likely N-dealkylation sites (N-methyl/N-ethyl adjacent to an activating group) is 1. The predicted octanol–water partition coefficient (Wildman–Crippen LogP) is 1.31. The van der Waals surface area contributed by atoms with E-state index in [1.54, 1.807) is 12.1 Å². The molecule has 0 spiro atoms. The lowest BCUT2D eigenvalue weighted by molar-refractivity contribution is -0.121. The first kappa shape index (κ1) is 18.6. The van der Waals surface area contributed by atoms with Crippen molar-refractivity contribution in [1.29, 1.82) is 0 Å². The maximum atomic E-state index is 12.3. The van der Waals surface area contributed by atoms with Gasteiger partial charge >= 0.3 is 0 Å². The third kappa shape index (κ3) is 4.79. The second-order valence-corrected chi connectivity index (χ2v) is 5.52. The summed E-state index contributed by atoms with van der Waals surface area (Å²) in [6.45, 7) is 1.62. The summed E-state index contributed by atoms with van der Waals surface area (Å²) >= 11 is 3.34. The van der Waals surface area contributed by atoms with Crippen LogP contribution in [-0.4, -0.2) is 35.6 Å². The molecule has 6 nitrogen and oxygen atoms in total. The fourth-order valence-corrected chi connectivity index (χ4v) is 2.29. The van der Waals surface area contributed by atoms with Crippen LogP contribution in [0.5, 0.6) is 0 Å². The maximum absolute atomic E-state index is 12.3. The highest BCUT2D eigenvalue weighted by atomic mass is 79.9. The first-order valence-electron chi connectivity index (χ1n) is 6.68. The number of hydrogen-bond acceptors (Lipinski definition) is 4. The van der Waals surface area contributed by atoms with Crippen molar-refractivity contribution in [2.75, 3.05) is 20.1 Å². The van der Waals surface area contributed by atoms with Crippen LogP contribution in [0, 0.1) is 0 Å². The van der Waals surface area contributed by atoms with Gasteiger partial charge in [-0.3, -0.25) is 14.2 Å². The van der Waals surface area contributed by atoms with E-state index in [0.29, 0.717) is 24.0 Å². The summed E-state index contributed by atoms with van der Waals surface area (Å²) in [5.74, 6) is -0.0773. The fraction of sp³-hybridized carbons (Fsp3) is 0.357. The van der Waals surface area contributed by atoms with Crippen LogP contribution in [-0.2, 0) is 11.3 Å². The third-order valence-corrected chi connectivity index (χ3v) is 3.56. The molecule has 2 N–H and O–H groups in total. The van der Waals surface area contributed by atoms with E-state index >= 15 is 0 Å². The molecule has 1 heterocycles. The van der Waals surface area contributed by atoms with Crippen molar-refractivity contribution in [2.45, 2.75) is 13.0 Å². The molecule has 2 aromatic rings. The Morgan fingerprint density at radius 2 is 2.14 bits per heavy atom. The van der Waals surface area contributed by atoms with Crippen LogP contribution in [0.4, 0.5) is 0 Å². The topological polar surface area (TPSA) is 76.0 Å². The minimum Gasteiger partial charge on any atom is -0.355 e. The number of benzene rings is 1. The predicted molar refractivity (Wildman–Crippen MR) is 92.5 cm³/mol. The Morgan fingerprint density at radius 3 is 2.86 bits per heavy atom. The van der Waals surface area contributed by atoms with Gasteiger partial charge in [0.15, 0.2) is 0 Å². The van der Waals surface area contributed by atoms with Crippen molar-refractivity contribution in [2.24, 2.45) is 0 Å². The van der Waals surface area contributed by atoms with Crippen LogP contribution in [0.3, 0.4) is 0 Å².